The summed E-state index contributed by atoms with van der Waals surface area (Å²) in [5, 5.41) is 0. The van der Waals surface area contributed by atoms with Gasteiger partial charge >= 0.3 is 239 Å². The Balaban J connectivity index is 1.60. The van der Waals surface area contributed by atoms with Gasteiger partial charge in [0.2, 0.25) is 0 Å². The van der Waals surface area contributed by atoms with Crippen LogP contribution in [0.5, 0.6) is 0 Å². The van der Waals surface area contributed by atoms with Gasteiger partial charge in [-0.3, -0.25) is 0 Å². The molecule has 36 heavy (non-hydrogen) atoms. The summed E-state index contributed by atoms with van der Waals surface area (Å²) < 4.78 is 0. The Labute approximate surface area is 237 Å². The summed E-state index contributed by atoms with van der Waals surface area (Å²) in [6.45, 7) is 23.7. The van der Waals surface area contributed by atoms with E-state index in [2.05, 4.69) is 106 Å². The van der Waals surface area contributed by atoms with Crippen LogP contribution in [0.3, 0.4) is 0 Å². The maximum absolute atomic E-state index is 2.55. The van der Waals surface area contributed by atoms with Crippen molar-refractivity contribution in [2.24, 2.45) is 0 Å². The number of hydrogen-bond donors (Lipinski definition) is 0. The van der Waals surface area contributed by atoms with Gasteiger partial charge in [-0.15, -0.1) is 0 Å². The molecule has 0 bridgehead atoms. The molecule has 2 aromatic rings. The van der Waals surface area contributed by atoms with Gasteiger partial charge in [-0.25, -0.2) is 0 Å². The molecular formula is C34H47SiZr. The van der Waals surface area contributed by atoms with Gasteiger partial charge in [0.25, 0.3) is 0 Å². The van der Waals surface area contributed by atoms with Gasteiger partial charge in [0, 0.05) is 0 Å². The van der Waals surface area contributed by atoms with Gasteiger partial charge in [-0.05, 0) is 0 Å². The van der Waals surface area contributed by atoms with Crippen LogP contribution in [0.15, 0.2) is 35.4 Å². The van der Waals surface area contributed by atoms with Gasteiger partial charge in [0.1, 0.15) is 0 Å². The molecule has 0 N–H and O–H groups in total. The summed E-state index contributed by atoms with van der Waals surface area (Å²) in [7, 11) is 0. The van der Waals surface area contributed by atoms with Gasteiger partial charge in [-0.2, -0.15) is 0 Å². The first-order valence-corrected chi connectivity index (χ1v) is 20.8. The van der Waals surface area contributed by atoms with Crippen LogP contribution in [0, 0.1) is 0 Å². The zero-order chi connectivity index (χ0) is 26.5. The molecule has 2 heteroatoms. The fourth-order valence-electron chi connectivity index (χ4n) is 7.00. The Morgan fingerprint density at radius 2 is 0.972 bits per heavy atom. The second kappa shape index (κ2) is 11.0. The van der Waals surface area contributed by atoms with E-state index in [9.17, 15) is 0 Å². The third-order valence-electron chi connectivity index (χ3n) is 8.74. The SMILES string of the molecule is CC1=Cc2c(ccc(C(C)C)c2C(C)C)C1C[SiH]([Zr])CC1C(C)=Cc2c1ccc(C(C)C)c2C(C)C. The van der Waals surface area contributed by atoms with Crippen molar-refractivity contribution < 1.29 is 23.9 Å². The summed E-state index contributed by atoms with van der Waals surface area (Å²) in [5.41, 5.74) is 15.9. The van der Waals surface area contributed by atoms with Crippen molar-refractivity contribution >= 4 is 18.1 Å². The Kier molecular flexibility index (Phi) is 8.58. The molecule has 0 radical (unpaired) electrons. The molecule has 0 aromatic heterocycles. The molecule has 2 aliphatic rings. The van der Waals surface area contributed by atoms with E-state index in [1.165, 1.54) is 12.1 Å². The van der Waals surface area contributed by atoms with E-state index < -0.39 is 5.92 Å². The summed E-state index contributed by atoms with van der Waals surface area (Å²) in [4.78, 5) is 0. The average Bonchev–Trinajstić information content (AvgIpc) is 3.27. The molecule has 0 amide bonds. The zero-order valence-corrected chi connectivity index (χ0v) is 28.0. The van der Waals surface area contributed by atoms with Crippen molar-refractivity contribution in [3.05, 3.63) is 79.9 Å². The van der Waals surface area contributed by atoms with Crippen molar-refractivity contribution in [1.29, 1.82) is 0 Å². The molecule has 2 aliphatic carbocycles. The molecule has 2 aromatic carbocycles. The van der Waals surface area contributed by atoms with E-state index >= 15 is 0 Å². The molecular weight excluding hydrogens is 528 g/mol. The minimum absolute atomic E-state index is 0.578. The number of benzene rings is 2. The van der Waals surface area contributed by atoms with Crippen LogP contribution in [0.2, 0.25) is 12.1 Å². The molecule has 2 unspecified atom stereocenters. The first-order valence-electron chi connectivity index (χ1n) is 14.3. The van der Waals surface area contributed by atoms with E-state index in [1.807, 2.05) is 23.9 Å². The normalized spacial score (nSPS) is 19.8. The Hall–Kier alpha value is -0.980. The number of rotatable bonds is 8. The third-order valence-corrected chi connectivity index (χ3v) is 14.3. The van der Waals surface area contributed by atoms with Crippen LogP contribution in [0.4, 0.5) is 0 Å². The van der Waals surface area contributed by atoms with Crippen LogP contribution in [0.25, 0.3) is 12.2 Å². The number of hydrogen-bond acceptors (Lipinski definition) is 0. The molecule has 0 spiro atoms. The predicted molar refractivity (Wildman–Crippen MR) is 159 cm³/mol. The minimum atomic E-state index is -0.839. The van der Waals surface area contributed by atoms with Gasteiger partial charge in [0.05, 0.1) is 0 Å². The second-order valence-corrected chi connectivity index (χ2v) is 21.2. The van der Waals surface area contributed by atoms with E-state index in [-0.39, 0.29) is 0 Å². The first-order chi connectivity index (χ1) is 16.9. The van der Waals surface area contributed by atoms with Crippen LogP contribution in [0.1, 0.15) is 149 Å². The Morgan fingerprint density at radius 3 is 1.28 bits per heavy atom. The molecule has 4 rings (SSSR count). The van der Waals surface area contributed by atoms with E-state index in [0.717, 1.165) is 0 Å². The standard InChI is InChI=1S/C34H47Si.Zr/c1-19(2)25-11-13-27-29(33(25)21(5)6)15-23(9)31(27)17-35-18-32-24(10)16-30-28(32)14-12-26(20(3)4)34(30)22(7)8;/h11-16,19-22,31-32,35H,17-18H2,1-10H3;. The van der Waals surface area contributed by atoms with Crippen molar-refractivity contribution in [3.63, 3.8) is 0 Å². The third kappa shape index (κ3) is 5.16. The summed E-state index contributed by atoms with van der Waals surface area (Å²) in [6, 6.07) is 12.7. The van der Waals surface area contributed by atoms with Crippen LogP contribution < -0.4 is 0 Å². The van der Waals surface area contributed by atoms with Crippen molar-refractivity contribution in [1.82, 2.24) is 0 Å². The van der Waals surface area contributed by atoms with E-state index in [0.29, 0.717) is 35.5 Å². The van der Waals surface area contributed by atoms with Crippen LogP contribution in [-0.4, -0.2) is 5.92 Å². The molecule has 0 aliphatic heterocycles. The molecule has 0 saturated heterocycles. The van der Waals surface area contributed by atoms with Gasteiger partial charge in [0.15, 0.2) is 0 Å². The Morgan fingerprint density at radius 1 is 0.611 bits per heavy atom. The topological polar surface area (TPSA) is 0 Å². The maximum atomic E-state index is 2.55. The average molecular weight is 575 g/mol. The van der Waals surface area contributed by atoms with Crippen molar-refractivity contribution in [2.45, 2.75) is 117 Å². The molecule has 0 fully saturated rings. The predicted octanol–water partition coefficient (Wildman–Crippen LogP) is 10.2. The van der Waals surface area contributed by atoms with Gasteiger partial charge < -0.3 is 0 Å². The van der Waals surface area contributed by atoms with Crippen molar-refractivity contribution in [3.8, 4) is 0 Å². The molecule has 0 nitrogen and oxygen atoms in total. The molecule has 0 saturated carbocycles. The number of allylic oxidation sites excluding steroid dienone is 2. The van der Waals surface area contributed by atoms with Crippen LogP contribution in [-0.2, 0) is 23.9 Å². The quantitative estimate of drug-likeness (QED) is 0.275. The fourth-order valence-corrected chi connectivity index (χ4v) is 13.1. The van der Waals surface area contributed by atoms with Crippen molar-refractivity contribution in [2.75, 3.05) is 0 Å². The van der Waals surface area contributed by atoms with Gasteiger partial charge in [-0.1, -0.05) is 0 Å². The van der Waals surface area contributed by atoms with E-state index in [4.69, 9.17) is 0 Å². The summed E-state index contributed by atoms with van der Waals surface area (Å²) in [6.07, 6.45) is 5.10. The zero-order valence-electron chi connectivity index (χ0n) is 24.4. The fraction of sp³-hybridized carbons (Fsp3) is 0.529. The summed E-state index contributed by atoms with van der Waals surface area (Å²) >= 11 is 1.83. The summed E-state index contributed by atoms with van der Waals surface area (Å²) in [5.74, 6) is 2.78. The first kappa shape index (κ1) is 28.0. The van der Waals surface area contributed by atoms with Crippen LogP contribution >= 0.6 is 0 Å². The molecule has 2 atom stereocenters. The monoisotopic (exact) mass is 573 g/mol. The second-order valence-electron chi connectivity index (χ2n) is 12.8. The van der Waals surface area contributed by atoms with E-state index in [1.54, 1.807) is 55.7 Å². The number of fused-ring (bicyclic) bond motifs is 2. The molecule has 191 valence electrons. The Bertz CT molecular complexity index is 1100. The molecule has 0 heterocycles.